The van der Waals surface area contributed by atoms with Crippen molar-refractivity contribution in [1.82, 2.24) is 20.4 Å². The number of nitrogens with zero attached hydrogens (tertiary/aromatic N) is 3. The number of fused-ring (bicyclic) bond motifs is 1. The van der Waals surface area contributed by atoms with Crippen molar-refractivity contribution in [2.45, 2.75) is 12.6 Å². The van der Waals surface area contributed by atoms with E-state index in [4.69, 9.17) is 25.6 Å². The maximum absolute atomic E-state index is 6.43. The molecule has 3 aromatic rings. The van der Waals surface area contributed by atoms with E-state index in [1.165, 1.54) is 0 Å². The van der Waals surface area contributed by atoms with Crippen molar-refractivity contribution in [3.8, 4) is 22.9 Å². The quantitative estimate of drug-likeness (QED) is 0.670. The third-order valence-corrected chi connectivity index (χ3v) is 5.40. The molecule has 2 aliphatic heterocycles. The van der Waals surface area contributed by atoms with E-state index in [2.05, 4.69) is 26.4 Å². The SMILES string of the molecule is Cl.Clc1ccccc1C1CNCCN1Cc1nc(-c2ccc3c(c2)OCO3)no1. The highest BCUT2D eigenvalue weighted by atomic mass is 35.5. The number of ether oxygens (including phenoxy) is 2. The first kappa shape index (κ1) is 20.0. The molecule has 29 heavy (non-hydrogen) atoms. The molecule has 3 heterocycles. The van der Waals surface area contributed by atoms with Gasteiger partial charge in [-0.1, -0.05) is 35.0 Å². The van der Waals surface area contributed by atoms with Gasteiger partial charge in [0.1, 0.15) is 0 Å². The molecule has 1 aromatic heterocycles. The molecule has 1 N–H and O–H groups in total. The Labute approximate surface area is 179 Å². The molecular formula is C20H20Cl2N4O3. The molecule has 2 aromatic carbocycles. The number of rotatable bonds is 4. The zero-order chi connectivity index (χ0) is 18.9. The summed E-state index contributed by atoms with van der Waals surface area (Å²) in [6.45, 7) is 3.41. The largest absolute Gasteiger partial charge is 0.454 e. The Morgan fingerprint density at radius 2 is 2.00 bits per heavy atom. The third kappa shape index (κ3) is 4.04. The van der Waals surface area contributed by atoms with Crippen LogP contribution < -0.4 is 14.8 Å². The molecule has 0 spiro atoms. The predicted octanol–water partition coefficient (Wildman–Crippen LogP) is 3.69. The second-order valence-electron chi connectivity index (χ2n) is 6.79. The molecule has 7 nitrogen and oxygen atoms in total. The molecule has 0 amide bonds. The second-order valence-corrected chi connectivity index (χ2v) is 7.20. The van der Waals surface area contributed by atoms with Gasteiger partial charge in [-0.3, -0.25) is 4.90 Å². The number of nitrogens with one attached hydrogen (secondary N) is 1. The number of benzene rings is 2. The van der Waals surface area contributed by atoms with Gasteiger partial charge in [0.05, 0.1) is 6.54 Å². The molecular weight excluding hydrogens is 415 g/mol. The van der Waals surface area contributed by atoms with E-state index in [1.54, 1.807) is 0 Å². The van der Waals surface area contributed by atoms with E-state index >= 15 is 0 Å². The summed E-state index contributed by atoms with van der Waals surface area (Å²) < 4.78 is 16.3. The van der Waals surface area contributed by atoms with Crippen LogP contribution in [-0.2, 0) is 6.54 Å². The minimum atomic E-state index is 0. The zero-order valence-electron chi connectivity index (χ0n) is 15.5. The van der Waals surface area contributed by atoms with Gasteiger partial charge in [-0.15, -0.1) is 12.4 Å². The summed E-state index contributed by atoms with van der Waals surface area (Å²) in [5.41, 5.74) is 1.94. The van der Waals surface area contributed by atoms with Gasteiger partial charge in [0, 0.05) is 36.3 Å². The Morgan fingerprint density at radius 3 is 2.90 bits per heavy atom. The predicted molar refractivity (Wildman–Crippen MR) is 111 cm³/mol. The normalized spacial score (nSPS) is 18.4. The second kappa shape index (κ2) is 8.59. The van der Waals surface area contributed by atoms with Gasteiger partial charge >= 0.3 is 0 Å². The molecule has 2 aliphatic rings. The van der Waals surface area contributed by atoms with Crippen molar-refractivity contribution < 1.29 is 14.0 Å². The first-order chi connectivity index (χ1) is 13.8. The number of aromatic nitrogens is 2. The van der Waals surface area contributed by atoms with Gasteiger partial charge in [0.25, 0.3) is 0 Å². The first-order valence-electron chi connectivity index (χ1n) is 9.20. The maximum Gasteiger partial charge on any atom is 0.241 e. The van der Waals surface area contributed by atoms with Gasteiger partial charge in [0.2, 0.25) is 18.5 Å². The monoisotopic (exact) mass is 434 g/mol. The highest BCUT2D eigenvalue weighted by Gasteiger charge is 2.27. The van der Waals surface area contributed by atoms with Gasteiger partial charge in [0.15, 0.2) is 11.5 Å². The van der Waals surface area contributed by atoms with Crippen LogP contribution in [-0.4, -0.2) is 41.5 Å². The molecule has 152 valence electrons. The summed E-state index contributed by atoms with van der Waals surface area (Å²) in [6, 6.07) is 13.7. The Kier molecular flexibility index (Phi) is 5.91. The van der Waals surface area contributed by atoms with Gasteiger partial charge in [-0.2, -0.15) is 4.98 Å². The molecule has 1 fully saturated rings. The minimum Gasteiger partial charge on any atom is -0.454 e. The van der Waals surface area contributed by atoms with Crippen molar-refractivity contribution in [3.63, 3.8) is 0 Å². The Morgan fingerprint density at radius 1 is 1.14 bits per heavy atom. The number of hydrogen-bond donors (Lipinski definition) is 1. The fourth-order valence-electron chi connectivity index (χ4n) is 3.63. The lowest BCUT2D eigenvalue weighted by Crippen LogP contribution is -2.45. The number of piperazine rings is 1. The smallest absolute Gasteiger partial charge is 0.241 e. The Balaban J connectivity index is 0.00000205. The van der Waals surface area contributed by atoms with Crippen molar-refractivity contribution in [1.29, 1.82) is 0 Å². The van der Waals surface area contributed by atoms with Crippen molar-refractivity contribution in [2.24, 2.45) is 0 Å². The number of halogens is 2. The van der Waals surface area contributed by atoms with E-state index in [9.17, 15) is 0 Å². The summed E-state index contributed by atoms with van der Waals surface area (Å²) in [4.78, 5) is 6.90. The molecule has 1 atom stereocenters. The average molecular weight is 435 g/mol. The fourth-order valence-corrected chi connectivity index (χ4v) is 3.90. The molecule has 0 bridgehead atoms. The minimum absolute atomic E-state index is 0. The molecule has 1 saturated heterocycles. The van der Waals surface area contributed by atoms with Crippen LogP contribution >= 0.6 is 24.0 Å². The highest BCUT2D eigenvalue weighted by Crippen LogP contribution is 2.35. The summed E-state index contributed by atoms with van der Waals surface area (Å²) in [7, 11) is 0. The van der Waals surface area contributed by atoms with Gasteiger partial charge in [-0.05, 0) is 29.8 Å². The first-order valence-corrected chi connectivity index (χ1v) is 9.57. The van der Waals surface area contributed by atoms with Crippen molar-refractivity contribution in [2.75, 3.05) is 26.4 Å². The average Bonchev–Trinajstić information content (AvgIpc) is 3.38. The summed E-state index contributed by atoms with van der Waals surface area (Å²) in [6.07, 6.45) is 0. The summed E-state index contributed by atoms with van der Waals surface area (Å²) >= 11 is 6.43. The van der Waals surface area contributed by atoms with Crippen LogP contribution in [0.2, 0.25) is 5.02 Å². The summed E-state index contributed by atoms with van der Waals surface area (Å²) in [5.74, 6) is 2.55. The number of hydrogen-bond acceptors (Lipinski definition) is 7. The lowest BCUT2D eigenvalue weighted by molar-refractivity contribution is 0.136. The molecule has 0 aliphatic carbocycles. The van der Waals surface area contributed by atoms with Gasteiger partial charge < -0.3 is 19.3 Å². The molecule has 0 radical (unpaired) electrons. The summed E-state index contributed by atoms with van der Waals surface area (Å²) in [5, 5.41) is 8.35. The standard InChI is InChI=1S/C20H19ClN4O3.ClH/c21-15-4-2-1-3-14(15)16-10-22-7-8-25(16)11-19-23-20(24-28-19)13-5-6-17-18(9-13)27-12-26-17;/h1-6,9,16,22H,7-8,10-12H2;1H. The van der Waals surface area contributed by atoms with Crippen LogP contribution in [0.25, 0.3) is 11.4 Å². The van der Waals surface area contributed by atoms with Crippen LogP contribution in [0.15, 0.2) is 47.0 Å². The van der Waals surface area contributed by atoms with E-state index in [1.807, 2.05) is 36.4 Å². The molecule has 1 unspecified atom stereocenters. The van der Waals surface area contributed by atoms with Crippen LogP contribution in [0.3, 0.4) is 0 Å². The molecule has 0 saturated carbocycles. The Hall–Kier alpha value is -2.32. The van der Waals surface area contributed by atoms with Crippen LogP contribution in [0.5, 0.6) is 11.5 Å². The zero-order valence-corrected chi connectivity index (χ0v) is 17.1. The van der Waals surface area contributed by atoms with Gasteiger partial charge in [-0.25, -0.2) is 0 Å². The maximum atomic E-state index is 6.43. The molecule has 9 heteroatoms. The van der Waals surface area contributed by atoms with Crippen molar-refractivity contribution >= 4 is 24.0 Å². The Bertz CT molecular complexity index is 997. The third-order valence-electron chi connectivity index (χ3n) is 5.06. The van der Waals surface area contributed by atoms with Crippen LogP contribution in [0.1, 0.15) is 17.5 Å². The van der Waals surface area contributed by atoms with Crippen LogP contribution in [0.4, 0.5) is 0 Å². The highest BCUT2D eigenvalue weighted by molar-refractivity contribution is 6.31. The lowest BCUT2D eigenvalue weighted by atomic mass is 10.0. The lowest BCUT2D eigenvalue weighted by Gasteiger charge is -2.35. The van der Waals surface area contributed by atoms with E-state index in [-0.39, 0.29) is 25.2 Å². The molecule has 5 rings (SSSR count). The topological polar surface area (TPSA) is 72.7 Å². The van der Waals surface area contributed by atoms with Crippen LogP contribution in [0, 0.1) is 0 Å². The van der Waals surface area contributed by atoms with E-state index in [0.29, 0.717) is 24.0 Å². The fraction of sp³-hybridized carbons (Fsp3) is 0.300. The van der Waals surface area contributed by atoms with Crippen molar-refractivity contribution in [3.05, 3.63) is 58.9 Å². The van der Waals surface area contributed by atoms with E-state index in [0.717, 1.165) is 41.5 Å². The van der Waals surface area contributed by atoms with E-state index < -0.39 is 0 Å².